The van der Waals surface area contributed by atoms with Gasteiger partial charge in [0.1, 0.15) is 22.6 Å². The number of nitrogens with one attached hydrogen (secondary N) is 1. The summed E-state index contributed by atoms with van der Waals surface area (Å²) in [4.78, 5) is 23.0. The van der Waals surface area contributed by atoms with E-state index < -0.39 is 0 Å². The average molecular weight is 466 g/mol. The summed E-state index contributed by atoms with van der Waals surface area (Å²) in [5.74, 6) is 0.727. The number of nitrogen functional groups attached to an aromatic ring is 1. The molecule has 0 spiro atoms. The number of carbonyl (C=O) groups is 1. The molecule has 176 valence electrons. The number of aryl methyl sites for hydroxylation is 1. The lowest BCUT2D eigenvalue weighted by Gasteiger charge is -2.10. The van der Waals surface area contributed by atoms with Crippen LogP contribution in [0.25, 0.3) is 27.9 Å². The van der Waals surface area contributed by atoms with Gasteiger partial charge in [0.2, 0.25) is 0 Å². The lowest BCUT2D eigenvalue weighted by atomic mass is 10.2. The molecule has 5 aromatic rings. The minimum Gasteiger partial charge on any atom is -0.494 e. The Morgan fingerprint density at radius 1 is 0.971 bits per heavy atom. The highest BCUT2D eigenvalue weighted by Gasteiger charge is 2.25. The van der Waals surface area contributed by atoms with Crippen molar-refractivity contribution in [1.29, 1.82) is 0 Å². The number of unbranched alkanes of at least 4 members (excludes halogenated alkanes) is 1. The standard InChI is InChI=1S/C28H27N5O2/c1-3-4-17-35-21-15-13-20(14-16-21)33-26(29)24(28(34)30-19-11-9-18(2)10-12-19)25-27(33)32-23-8-6-5-7-22(23)31-25/h5-16H,3-4,17,29H2,1-2H3,(H,30,34). The van der Waals surface area contributed by atoms with E-state index >= 15 is 0 Å². The molecule has 0 fully saturated rings. The Labute approximate surface area is 203 Å². The highest BCUT2D eigenvalue weighted by Crippen LogP contribution is 2.32. The van der Waals surface area contributed by atoms with Crippen LogP contribution in [0.1, 0.15) is 35.7 Å². The molecule has 0 radical (unpaired) electrons. The lowest BCUT2D eigenvalue weighted by Crippen LogP contribution is -2.14. The summed E-state index contributed by atoms with van der Waals surface area (Å²) in [5.41, 5.74) is 11.9. The van der Waals surface area contributed by atoms with Gasteiger partial charge in [-0.3, -0.25) is 9.36 Å². The van der Waals surface area contributed by atoms with E-state index in [9.17, 15) is 4.79 Å². The summed E-state index contributed by atoms with van der Waals surface area (Å²) >= 11 is 0. The molecular formula is C28H27N5O2. The molecule has 7 nitrogen and oxygen atoms in total. The Morgan fingerprint density at radius 2 is 1.66 bits per heavy atom. The van der Waals surface area contributed by atoms with Gasteiger partial charge in [0.05, 0.1) is 17.6 Å². The van der Waals surface area contributed by atoms with Gasteiger partial charge in [-0.2, -0.15) is 0 Å². The molecule has 0 aliphatic carbocycles. The van der Waals surface area contributed by atoms with E-state index in [1.165, 1.54) is 0 Å². The first kappa shape index (κ1) is 22.4. The van der Waals surface area contributed by atoms with Gasteiger partial charge in [-0.25, -0.2) is 9.97 Å². The van der Waals surface area contributed by atoms with Crippen LogP contribution in [0.4, 0.5) is 11.5 Å². The normalized spacial score (nSPS) is 11.1. The number of benzene rings is 3. The fourth-order valence-electron chi connectivity index (χ4n) is 4.00. The van der Waals surface area contributed by atoms with Crippen LogP contribution in [-0.2, 0) is 0 Å². The summed E-state index contributed by atoms with van der Waals surface area (Å²) in [7, 11) is 0. The molecule has 0 saturated carbocycles. The number of rotatable bonds is 7. The van der Waals surface area contributed by atoms with Crippen molar-refractivity contribution in [3.05, 3.63) is 83.9 Å². The Kier molecular flexibility index (Phi) is 6.06. The van der Waals surface area contributed by atoms with Crippen LogP contribution in [-0.4, -0.2) is 27.0 Å². The second kappa shape index (κ2) is 9.46. The van der Waals surface area contributed by atoms with Gasteiger partial charge in [-0.05, 0) is 61.9 Å². The lowest BCUT2D eigenvalue weighted by molar-refractivity contribution is 0.102. The van der Waals surface area contributed by atoms with Crippen molar-refractivity contribution >= 4 is 39.6 Å². The molecule has 2 aromatic heterocycles. The van der Waals surface area contributed by atoms with Crippen molar-refractivity contribution in [1.82, 2.24) is 14.5 Å². The van der Waals surface area contributed by atoms with E-state index in [0.717, 1.165) is 35.4 Å². The van der Waals surface area contributed by atoms with Crippen LogP contribution < -0.4 is 15.8 Å². The van der Waals surface area contributed by atoms with Crippen LogP contribution in [0, 0.1) is 6.92 Å². The molecule has 7 heteroatoms. The Hall–Kier alpha value is -4.39. The summed E-state index contributed by atoms with van der Waals surface area (Å²) in [5, 5.41) is 2.95. The van der Waals surface area contributed by atoms with Gasteiger partial charge in [0.15, 0.2) is 5.65 Å². The van der Waals surface area contributed by atoms with E-state index in [1.807, 2.05) is 79.7 Å². The fourth-order valence-corrected chi connectivity index (χ4v) is 4.00. The quantitative estimate of drug-likeness (QED) is 0.292. The predicted octanol–water partition coefficient (Wildman–Crippen LogP) is 5.90. The van der Waals surface area contributed by atoms with Crippen LogP contribution in [0.15, 0.2) is 72.8 Å². The number of amides is 1. The molecule has 0 aliphatic rings. The van der Waals surface area contributed by atoms with Gasteiger partial charge in [0.25, 0.3) is 5.91 Å². The third-order valence-corrected chi connectivity index (χ3v) is 5.90. The number of ether oxygens (including phenoxy) is 1. The Bertz CT molecular complexity index is 1510. The predicted molar refractivity (Wildman–Crippen MR) is 140 cm³/mol. The number of nitrogens with zero attached hydrogens (tertiary/aromatic N) is 3. The number of nitrogens with two attached hydrogens (primary N) is 1. The van der Waals surface area contributed by atoms with E-state index in [1.54, 1.807) is 4.57 Å². The molecule has 0 saturated heterocycles. The molecule has 0 unspecified atom stereocenters. The maximum atomic E-state index is 13.4. The highest BCUT2D eigenvalue weighted by molar-refractivity contribution is 6.16. The van der Waals surface area contributed by atoms with Crippen LogP contribution >= 0.6 is 0 Å². The number of aromatic nitrogens is 3. The first-order valence-electron chi connectivity index (χ1n) is 11.7. The molecule has 0 bridgehead atoms. The minimum absolute atomic E-state index is 0.277. The van der Waals surface area contributed by atoms with Crippen molar-refractivity contribution in [3.8, 4) is 11.4 Å². The van der Waals surface area contributed by atoms with Gasteiger partial charge in [0, 0.05) is 11.4 Å². The average Bonchev–Trinajstić information content (AvgIpc) is 3.15. The zero-order chi connectivity index (χ0) is 24.4. The molecular weight excluding hydrogens is 438 g/mol. The molecule has 3 N–H and O–H groups in total. The summed E-state index contributed by atoms with van der Waals surface area (Å²) in [6.07, 6.45) is 2.07. The number of hydrogen-bond donors (Lipinski definition) is 2. The largest absolute Gasteiger partial charge is 0.494 e. The second-order valence-electron chi connectivity index (χ2n) is 8.50. The molecule has 35 heavy (non-hydrogen) atoms. The zero-order valence-electron chi connectivity index (χ0n) is 19.8. The van der Waals surface area contributed by atoms with Crippen LogP contribution in [0.3, 0.4) is 0 Å². The van der Waals surface area contributed by atoms with Crippen molar-refractivity contribution in [2.45, 2.75) is 26.7 Å². The summed E-state index contributed by atoms with van der Waals surface area (Å²) in [6.45, 7) is 4.80. The highest BCUT2D eigenvalue weighted by atomic mass is 16.5. The molecule has 5 rings (SSSR count). The molecule has 1 amide bonds. The first-order chi connectivity index (χ1) is 17.0. The third-order valence-electron chi connectivity index (χ3n) is 5.90. The van der Waals surface area contributed by atoms with E-state index in [-0.39, 0.29) is 11.7 Å². The number of hydrogen-bond acceptors (Lipinski definition) is 5. The van der Waals surface area contributed by atoms with Gasteiger partial charge >= 0.3 is 0 Å². The molecule has 0 atom stereocenters. The van der Waals surface area contributed by atoms with Gasteiger partial charge in [-0.1, -0.05) is 43.2 Å². The fraction of sp³-hybridized carbons (Fsp3) is 0.179. The van der Waals surface area contributed by atoms with Crippen LogP contribution in [0.2, 0.25) is 0 Å². The number of anilines is 2. The number of carbonyl (C=O) groups excluding carboxylic acids is 1. The Balaban J connectivity index is 1.62. The van der Waals surface area contributed by atoms with E-state index in [2.05, 4.69) is 12.2 Å². The minimum atomic E-state index is -0.334. The van der Waals surface area contributed by atoms with Crippen molar-refractivity contribution in [3.63, 3.8) is 0 Å². The molecule has 0 aliphatic heterocycles. The monoisotopic (exact) mass is 465 g/mol. The second-order valence-corrected chi connectivity index (χ2v) is 8.50. The van der Waals surface area contributed by atoms with Crippen molar-refractivity contribution in [2.75, 3.05) is 17.7 Å². The van der Waals surface area contributed by atoms with E-state index in [0.29, 0.717) is 34.5 Å². The van der Waals surface area contributed by atoms with Gasteiger partial charge < -0.3 is 15.8 Å². The Morgan fingerprint density at radius 3 is 2.34 bits per heavy atom. The maximum absolute atomic E-state index is 13.4. The van der Waals surface area contributed by atoms with Crippen molar-refractivity contribution < 1.29 is 9.53 Å². The molecule has 2 heterocycles. The smallest absolute Gasteiger partial charge is 0.261 e. The third kappa shape index (κ3) is 4.40. The summed E-state index contributed by atoms with van der Waals surface area (Å²) in [6, 6.07) is 22.8. The number of para-hydroxylation sites is 2. The number of fused-ring (bicyclic) bond motifs is 2. The van der Waals surface area contributed by atoms with Gasteiger partial charge in [-0.15, -0.1) is 0 Å². The SMILES string of the molecule is CCCCOc1ccc(-n2c(N)c(C(=O)Nc3ccc(C)cc3)c3nc4ccccc4nc32)cc1. The topological polar surface area (TPSA) is 95.1 Å². The summed E-state index contributed by atoms with van der Waals surface area (Å²) < 4.78 is 7.57. The van der Waals surface area contributed by atoms with Crippen molar-refractivity contribution in [2.24, 2.45) is 0 Å². The molecule has 3 aromatic carbocycles. The maximum Gasteiger partial charge on any atom is 0.261 e. The first-order valence-corrected chi connectivity index (χ1v) is 11.7. The van der Waals surface area contributed by atoms with E-state index in [4.69, 9.17) is 20.4 Å². The zero-order valence-corrected chi connectivity index (χ0v) is 19.8. The van der Waals surface area contributed by atoms with Crippen LogP contribution in [0.5, 0.6) is 5.75 Å².